The molecule has 0 rings (SSSR count). The number of rotatable bonds is 40. The number of carbonyl (C=O) groups excluding carboxylic acids is 1. The molecule has 0 saturated carbocycles. The van der Waals surface area contributed by atoms with Gasteiger partial charge in [0.05, 0.1) is 18.8 Å². The van der Waals surface area contributed by atoms with Gasteiger partial charge in [0, 0.05) is 6.42 Å². The predicted octanol–water partition coefficient (Wildman–Crippen LogP) is 14.0. The second-order valence-electron chi connectivity index (χ2n) is 15.1. The van der Waals surface area contributed by atoms with Crippen LogP contribution in [0.4, 0.5) is 0 Å². The van der Waals surface area contributed by atoms with Gasteiger partial charge in [-0.3, -0.25) is 4.79 Å². The molecule has 0 saturated heterocycles. The molecule has 2 atom stereocenters. The molecule has 2 unspecified atom stereocenters. The standard InChI is InChI=1S/C47H87NO3/c1-3-5-7-9-11-13-15-17-19-21-23-24-25-27-29-31-33-35-37-39-41-43-47(51)48-45(44-49)46(50)42-40-38-36-34-32-30-28-26-22-20-18-16-14-12-10-8-6-4-2/h21-23,26,32,34,40,42,45-46,49-50H,3-20,24-25,27-31,33,35-39,41,43-44H2,1-2H3,(H,48,51)/b23-21-,26-22+,34-32+,42-40+. The molecule has 0 fully saturated rings. The lowest BCUT2D eigenvalue weighted by atomic mass is 10.0. The summed E-state index contributed by atoms with van der Waals surface area (Å²) in [4.78, 5) is 12.4. The Labute approximate surface area is 318 Å². The zero-order chi connectivity index (χ0) is 37.1. The van der Waals surface area contributed by atoms with Gasteiger partial charge in [0.2, 0.25) is 5.91 Å². The third-order valence-corrected chi connectivity index (χ3v) is 10.0. The summed E-state index contributed by atoms with van der Waals surface area (Å²) in [6.07, 6.45) is 57.9. The Bertz CT molecular complexity index is 816. The van der Waals surface area contributed by atoms with Crippen molar-refractivity contribution in [1.29, 1.82) is 0 Å². The van der Waals surface area contributed by atoms with Crippen LogP contribution in [0.1, 0.15) is 226 Å². The van der Waals surface area contributed by atoms with Gasteiger partial charge >= 0.3 is 0 Å². The number of allylic oxidation sites excluding steroid dienone is 7. The number of hydrogen-bond donors (Lipinski definition) is 3. The van der Waals surface area contributed by atoms with E-state index >= 15 is 0 Å². The highest BCUT2D eigenvalue weighted by Crippen LogP contribution is 2.14. The molecule has 0 aromatic carbocycles. The third kappa shape index (κ3) is 39.4. The van der Waals surface area contributed by atoms with E-state index in [-0.39, 0.29) is 12.5 Å². The van der Waals surface area contributed by atoms with Crippen molar-refractivity contribution in [2.75, 3.05) is 6.61 Å². The van der Waals surface area contributed by atoms with Gasteiger partial charge in [-0.05, 0) is 70.6 Å². The minimum Gasteiger partial charge on any atom is -0.394 e. The summed E-state index contributed by atoms with van der Waals surface area (Å²) < 4.78 is 0. The van der Waals surface area contributed by atoms with Crippen LogP contribution in [0.3, 0.4) is 0 Å². The molecule has 0 aliphatic carbocycles. The van der Waals surface area contributed by atoms with Crippen molar-refractivity contribution in [2.45, 2.75) is 238 Å². The number of amides is 1. The number of aliphatic hydroxyl groups is 2. The van der Waals surface area contributed by atoms with Crippen molar-refractivity contribution in [3.05, 3.63) is 48.6 Å². The maximum absolute atomic E-state index is 12.4. The lowest BCUT2D eigenvalue weighted by Gasteiger charge is -2.19. The molecule has 0 bridgehead atoms. The van der Waals surface area contributed by atoms with E-state index in [0.717, 1.165) is 38.5 Å². The van der Waals surface area contributed by atoms with Crippen molar-refractivity contribution < 1.29 is 15.0 Å². The van der Waals surface area contributed by atoms with E-state index in [1.54, 1.807) is 6.08 Å². The summed E-state index contributed by atoms with van der Waals surface area (Å²) in [6, 6.07) is -0.646. The third-order valence-electron chi connectivity index (χ3n) is 10.0. The molecule has 4 heteroatoms. The lowest BCUT2D eigenvalue weighted by molar-refractivity contribution is -0.123. The van der Waals surface area contributed by atoms with E-state index in [0.29, 0.717) is 6.42 Å². The van der Waals surface area contributed by atoms with Crippen LogP contribution in [0.25, 0.3) is 0 Å². The van der Waals surface area contributed by atoms with Gasteiger partial charge < -0.3 is 15.5 Å². The highest BCUT2D eigenvalue weighted by Gasteiger charge is 2.17. The molecule has 1 amide bonds. The van der Waals surface area contributed by atoms with Crippen LogP contribution >= 0.6 is 0 Å². The van der Waals surface area contributed by atoms with Gasteiger partial charge in [0.1, 0.15) is 0 Å². The molecule has 0 heterocycles. The smallest absolute Gasteiger partial charge is 0.220 e. The van der Waals surface area contributed by atoms with E-state index < -0.39 is 12.1 Å². The summed E-state index contributed by atoms with van der Waals surface area (Å²) in [5.74, 6) is -0.0804. The molecule has 51 heavy (non-hydrogen) atoms. The summed E-state index contributed by atoms with van der Waals surface area (Å²) in [6.45, 7) is 4.29. The van der Waals surface area contributed by atoms with E-state index in [4.69, 9.17) is 0 Å². The Balaban J connectivity index is 3.63. The number of carbonyl (C=O) groups is 1. The molecule has 0 aromatic rings. The van der Waals surface area contributed by atoms with Gasteiger partial charge in [-0.25, -0.2) is 0 Å². The van der Waals surface area contributed by atoms with E-state index in [2.05, 4.69) is 55.6 Å². The fourth-order valence-electron chi connectivity index (χ4n) is 6.56. The molecule has 0 spiro atoms. The van der Waals surface area contributed by atoms with Gasteiger partial charge in [-0.1, -0.05) is 197 Å². The molecule has 0 aromatic heterocycles. The monoisotopic (exact) mass is 714 g/mol. The van der Waals surface area contributed by atoms with Crippen molar-refractivity contribution >= 4 is 5.91 Å². The Kier molecular flexibility index (Phi) is 41.4. The molecule has 298 valence electrons. The molecule has 0 radical (unpaired) electrons. The fourth-order valence-corrected chi connectivity index (χ4v) is 6.56. The summed E-state index contributed by atoms with van der Waals surface area (Å²) in [7, 11) is 0. The molecule has 3 N–H and O–H groups in total. The number of unbranched alkanes of at least 4 members (excludes halogenated alkanes) is 27. The Morgan fingerprint density at radius 3 is 1.14 bits per heavy atom. The highest BCUT2D eigenvalue weighted by atomic mass is 16.3. The van der Waals surface area contributed by atoms with Crippen LogP contribution in [0, 0.1) is 0 Å². The van der Waals surface area contributed by atoms with Crippen molar-refractivity contribution in [3.63, 3.8) is 0 Å². The number of nitrogens with one attached hydrogen (secondary N) is 1. The number of aliphatic hydroxyl groups excluding tert-OH is 2. The van der Waals surface area contributed by atoms with Crippen LogP contribution in [-0.4, -0.2) is 34.9 Å². The Hall–Kier alpha value is -1.65. The van der Waals surface area contributed by atoms with Crippen molar-refractivity contribution in [1.82, 2.24) is 5.32 Å². The predicted molar refractivity (Wildman–Crippen MR) is 225 cm³/mol. The first-order valence-corrected chi connectivity index (χ1v) is 22.4. The average Bonchev–Trinajstić information content (AvgIpc) is 3.13. The lowest BCUT2D eigenvalue weighted by Crippen LogP contribution is -2.45. The zero-order valence-electron chi connectivity index (χ0n) is 34.1. The minimum absolute atomic E-state index is 0.0804. The van der Waals surface area contributed by atoms with Crippen molar-refractivity contribution in [2.24, 2.45) is 0 Å². The maximum atomic E-state index is 12.4. The quantitative estimate of drug-likeness (QED) is 0.0437. The van der Waals surface area contributed by atoms with Gasteiger partial charge in [0.25, 0.3) is 0 Å². The van der Waals surface area contributed by atoms with Crippen LogP contribution < -0.4 is 5.32 Å². The zero-order valence-corrected chi connectivity index (χ0v) is 34.1. The molecule has 0 aliphatic heterocycles. The first-order chi connectivity index (χ1) is 25.2. The largest absolute Gasteiger partial charge is 0.394 e. The highest BCUT2D eigenvalue weighted by molar-refractivity contribution is 5.76. The normalized spacial score (nSPS) is 13.4. The summed E-state index contributed by atoms with van der Waals surface area (Å²) in [5, 5.41) is 23.0. The van der Waals surface area contributed by atoms with Gasteiger partial charge in [-0.15, -0.1) is 0 Å². The van der Waals surface area contributed by atoms with Gasteiger partial charge in [-0.2, -0.15) is 0 Å². The summed E-state index contributed by atoms with van der Waals surface area (Å²) in [5.41, 5.74) is 0. The molecule has 4 nitrogen and oxygen atoms in total. The number of hydrogen-bond acceptors (Lipinski definition) is 3. The second kappa shape index (κ2) is 42.8. The molecular formula is C47H87NO3. The van der Waals surface area contributed by atoms with Crippen LogP contribution in [0.5, 0.6) is 0 Å². The Morgan fingerprint density at radius 1 is 0.451 bits per heavy atom. The molecular weight excluding hydrogens is 627 g/mol. The first-order valence-electron chi connectivity index (χ1n) is 22.4. The Morgan fingerprint density at radius 2 is 0.765 bits per heavy atom. The summed E-state index contributed by atoms with van der Waals surface area (Å²) >= 11 is 0. The average molecular weight is 714 g/mol. The fraction of sp³-hybridized carbons (Fsp3) is 0.809. The van der Waals surface area contributed by atoms with Crippen molar-refractivity contribution in [3.8, 4) is 0 Å². The molecule has 0 aliphatic rings. The van der Waals surface area contributed by atoms with Crippen LogP contribution in [0.15, 0.2) is 48.6 Å². The van der Waals surface area contributed by atoms with Crippen LogP contribution in [0.2, 0.25) is 0 Å². The first kappa shape index (κ1) is 49.4. The minimum atomic E-state index is -0.870. The van der Waals surface area contributed by atoms with E-state index in [1.165, 1.54) is 167 Å². The van der Waals surface area contributed by atoms with Crippen LogP contribution in [-0.2, 0) is 4.79 Å². The van der Waals surface area contributed by atoms with E-state index in [9.17, 15) is 15.0 Å². The van der Waals surface area contributed by atoms with E-state index in [1.807, 2.05) is 6.08 Å². The maximum Gasteiger partial charge on any atom is 0.220 e. The van der Waals surface area contributed by atoms with Gasteiger partial charge in [0.15, 0.2) is 0 Å². The second-order valence-corrected chi connectivity index (χ2v) is 15.1. The SMILES string of the molecule is CCCCCCCCCC/C=C\CCCCCCCCCCCC(=O)NC(CO)C(O)/C=C/CC/C=C/CC/C=C/CCCCCCCCCC. The topological polar surface area (TPSA) is 69.6 Å².